The number of benzene rings is 2. The second-order valence-electron chi connectivity index (χ2n) is 8.94. The number of aliphatic carboxylic acids is 1. The molecule has 11 heteroatoms. The van der Waals surface area contributed by atoms with Crippen LogP contribution < -0.4 is 25.8 Å². The van der Waals surface area contributed by atoms with E-state index in [0.29, 0.717) is 23.7 Å². The lowest BCUT2D eigenvalue weighted by molar-refractivity contribution is -0.146. The molecule has 2 aromatic carbocycles. The fraction of sp³-hybridized carbons (Fsp3) is 0.296. The summed E-state index contributed by atoms with van der Waals surface area (Å²) in [5.74, 6) is -4.77. The molecule has 0 spiro atoms. The first-order valence-electron chi connectivity index (χ1n) is 11.9. The van der Waals surface area contributed by atoms with E-state index in [1.165, 1.54) is 7.05 Å². The SMILES string of the molecule is CNC(=O)NCc1cc(Oc2nc(O[C@H](CC(C)C)C(=O)O)c(F)cc2F)cc(-c2cccc(CN)c2)c1. The molecule has 0 aliphatic carbocycles. The number of urea groups is 1. The third kappa shape index (κ3) is 7.62. The van der Waals surface area contributed by atoms with Crippen molar-refractivity contribution >= 4 is 12.0 Å². The van der Waals surface area contributed by atoms with Gasteiger partial charge in [0.05, 0.1) is 0 Å². The maximum Gasteiger partial charge on any atom is 0.344 e. The fourth-order valence-corrected chi connectivity index (χ4v) is 3.60. The van der Waals surface area contributed by atoms with Crippen molar-refractivity contribution in [3.8, 4) is 28.6 Å². The van der Waals surface area contributed by atoms with Crippen molar-refractivity contribution in [2.75, 3.05) is 7.05 Å². The molecule has 1 aromatic heterocycles. The summed E-state index contributed by atoms with van der Waals surface area (Å²) in [6.45, 7) is 4.03. The van der Waals surface area contributed by atoms with Gasteiger partial charge in [-0.2, -0.15) is 4.98 Å². The van der Waals surface area contributed by atoms with E-state index in [-0.39, 0.29) is 24.6 Å². The van der Waals surface area contributed by atoms with Gasteiger partial charge in [-0.15, -0.1) is 0 Å². The number of nitrogens with one attached hydrogen (secondary N) is 2. The molecule has 5 N–H and O–H groups in total. The molecule has 0 aliphatic heterocycles. The summed E-state index contributed by atoms with van der Waals surface area (Å²) in [5, 5.41) is 14.6. The Bertz CT molecular complexity index is 1300. The molecule has 0 radical (unpaired) electrons. The maximum atomic E-state index is 14.7. The minimum absolute atomic E-state index is 0.0577. The summed E-state index contributed by atoms with van der Waals surface area (Å²) in [4.78, 5) is 27.0. The quantitative estimate of drug-likeness (QED) is 0.286. The van der Waals surface area contributed by atoms with Crippen molar-refractivity contribution in [2.24, 2.45) is 11.7 Å². The molecule has 0 saturated heterocycles. The van der Waals surface area contributed by atoms with Crippen LogP contribution in [-0.2, 0) is 17.9 Å². The highest BCUT2D eigenvalue weighted by molar-refractivity contribution is 5.74. The van der Waals surface area contributed by atoms with Gasteiger partial charge in [0.1, 0.15) is 5.75 Å². The largest absolute Gasteiger partial charge is 0.479 e. The van der Waals surface area contributed by atoms with Gasteiger partial charge in [-0.25, -0.2) is 18.4 Å². The molecule has 0 unspecified atom stereocenters. The molecule has 1 atom stereocenters. The van der Waals surface area contributed by atoms with Crippen LogP contribution in [0.4, 0.5) is 13.6 Å². The van der Waals surface area contributed by atoms with Crippen LogP contribution in [0.15, 0.2) is 48.5 Å². The number of carboxylic acid groups (broad SMARTS) is 1. The molecule has 38 heavy (non-hydrogen) atoms. The number of ether oxygens (including phenoxy) is 2. The van der Waals surface area contributed by atoms with Crippen LogP contribution in [0.3, 0.4) is 0 Å². The second kappa shape index (κ2) is 12.8. The van der Waals surface area contributed by atoms with E-state index in [0.717, 1.165) is 11.1 Å². The first-order valence-corrected chi connectivity index (χ1v) is 11.9. The number of halogens is 2. The number of hydrogen-bond acceptors (Lipinski definition) is 6. The first kappa shape index (κ1) is 28.3. The van der Waals surface area contributed by atoms with E-state index >= 15 is 0 Å². The van der Waals surface area contributed by atoms with E-state index in [1.807, 2.05) is 30.3 Å². The highest BCUT2D eigenvalue weighted by atomic mass is 19.1. The van der Waals surface area contributed by atoms with Crippen molar-refractivity contribution in [1.82, 2.24) is 15.6 Å². The zero-order chi connectivity index (χ0) is 27.8. The number of nitrogens with two attached hydrogens (primary N) is 1. The zero-order valence-electron chi connectivity index (χ0n) is 21.3. The molecule has 2 amide bonds. The van der Waals surface area contributed by atoms with E-state index in [2.05, 4.69) is 15.6 Å². The van der Waals surface area contributed by atoms with Gasteiger partial charge < -0.3 is 30.9 Å². The average molecular weight is 529 g/mol. The molecule has 202 valence electrons. The fourth-order valence-electron chi connectivity index (χ4n) is 3.60. The van der Waals surface area contributed by atoms with Crippen LogP contribution in [0, 0.1) is 17.6 Å². The van der Waals surface area contributed by atoms with Crippen molar-refractivity contribution in [1.29, 1.82) is 0 Å². The molecule has 0 fully saturated rings. The lowest BCUT2D eigenvalue weighted by atomic mass is 10.0. The molecule has 9 nitrogen and oxygen atoms in total. The Kier molecular flexibility index (Phi) is 9.55. The first-order chi connectivity index (χ1) is 18.1. The maximum absolute atomic E-state index is 14.7. The number of nitrogens with zero attached hydrogens (tertiary/aromatic N) is 1. The Balaban J connectivity index is 1.99. The van der Waals surface area contributed by atoms with E-state index in [9.17, 15) is 23.5 Å². The van der Waals surface area contributed by atoms with E-state index in [1.54, 1.807) is 26.0 Å². The molecule has 0 bridgehead atoms. The van der Waals surface area contributed by atoms with Crippen LogP contribution in [0.25, 0.3) is 11.1 Å². The smallest absolute Gasteiger partial charge is 0.344 e. The monoisotopic (exact) mass is 528 g/mol. The number of pyridine rings is 1. The summed E-state index contributed by atoms with van der Waals surface area (Å²) < 4.78 is 40.1. The van der Waals surface area contributed by atoms with Crippen LogP contribution in [0.2, 0.25) is 0 Å². The molecule has 1 heterocycles. The standard InChI is InChI=1S/C27H30F2N4O5/c1-15(2)7-23(26(34)35)38-25-22(29)12-21(28)24(33-25)37-20-10-17(14-32-27(36)31-3)9-19(11-20)18-6-4-5-16(8-18)13-30/h4-6,8-12,15,23H,7,13-14,30H2,1-3H3,(H,34,35)(H2,31,32,36)/t23-/m1/s1. The Morgan fingerprint density at radius 1 is 1.03 bits per heavy atom. The zero-order valence-corrected chi connectivity index (χ0v) is 21.3. The molecular formula is C27H30F2N4O5. The Morgan fingerprint density at radius 3 is 2.39 bits per heavy atom. The number of hydrogen-bond donors (Lipinski definition) is 4. The van der Waals surface area contributed by atoms with Crippen molar-refractivity contribution < 1.29 is 33.0 Å². The summed E-state index contributed by atoms with van der Waals surface area (Å²) in [5.41, 5.74) is 8.77. The van der Waals surface area contributed by atoms with Crippen LogP contribution >= 0.6 is 0 Å². The average Bonchev–Trinajstić information content (AvgIpc) is 2.89. The van der Waals surface area contributed by atoms with Crippen molar-refractivity contribution in [3.05, 3.63) is 71.3 Å². The van der Waals surface area contributed by atoms with Gasteiger partial charge in [-0.3, -0.25) is 0 Å². The summed E-state index contributed by atoms with van der Waals surface area (Å²) in [6.07, 6.45) is -1.29. The lowest BCUT2D eigenvalue weighted by Gasteiger charge is -2.17. The van der Waals surface area contributed by atoms with Gasteiger partial charge in [0.25, 0.3) is 11.8 Å². The van der Waals surface area contributed by atoms with Gasteiger partial charge in [0.15, 0.2) is 17.7 Å². The van der Waals surface area contributed by atoms with E-state index in [4.69, 9.17) is 15.2 Å². The number of carboxylic acids is 1. The predicted octanol–water partition coefficient (Wildman–Crippen LogP) is 4.58. The molecule has 3 aromatic rings. The second-order valence-corrected chi connectivity index (χ2v) is 8.94. The van der Waals surface area contributed by atoms with Gasteiger partial charge in [-0.1, -0.05) is 32.0 Å². The summed E-state index contributed by atoms with van der Waals surface area (Å²) in [7, 11) is 1.48. The van der Waals surface area contributed by atoms with Crippen LogP contribution in [0.5, 0.6) is 17.5 Å². The number of rotatable bonds is 11. The molecule has 3 rings (SSSR count). The molecule has 0 aliphatic rings. The number of amides is 2. The lowest BCUT2D eigenvalue weighted by Crippen LogP contribution is -2.32. The van der Waals surface area contributed by atoms with E-state index < -0.39 is 41.5 Å². The predicted molar refractivity (Wildman–Crippen MR) is 137 cm³/mol. The number of aromatic nitrogens is 1. The van der Waals surface area contributed by atoms with Gasteiger partial charge in [-0.05, 0) is 58.9 Å². The minimum atomic E-state index is -1.38. The Morgan fingerprint density at radius 2 is 1.74 bits per heavy atom. The third-order valence-corrected chi connectivity index (χ3v) is 5.44. The number of carbonyl (C=O) groups excluding carboxylic acids is 1. The minimum Gasteiger partial charge on any atom is -0.479 e. The molecule has 0 saturated carbocycles. The normalized spacial score (nSPS) is 11.7. The summed E-state index contributed by atoms with van der Waals surface area (Å²) >= 11 is 0. The topological polar surface area (TPSA) is 136 Å². The third-order valence-electron chi connectivity index (χ3n) is 5.44. The highest BCUT2D eigenvalue weighted by Gasteiger charge is 2.25. The van der Waals surface area contributed by atoms with Crippen LogP contribution in [0.1, 0.15) is 31.4 Å². The van der Waals surface area contributed by atoms with Crippen LogP contribution in [-0.4, -0.2) is 35.2 Å². The van der Waals surface area contributed by atoms with Gasteiger partial charge in [0, 0.05) is 26.2 Å². The highest BCUT2D eigenvalue weighted by Crippen LogP contribution is 2.32. The van der Waals surface area contributed by atoms with Crippen molar-refractivity contribution in [2.45, 2.75) is 39.5 Å². The van der Waals surface area contributed by atoms with Crippen molar-refractivity contribution in [3.63, 3.8) is 0 Å². The summed E-state index contributed by atoms with van der Waals surface area (Å²) in [6, 6.07) is 12.6. The Hall–Kier alpha value is -4.25. The number of carbonyl (C=O) groups is 2. The van der Waals surface area contributed by atoms with Gasteiger partial charge in [0.2, 0.25) is 0 Å². The Labute approximate surface area is 219 Å². The molecular weight excluding hydrogens is 498 g/mol. The van der Waals surface area contributed by atoms with Gasteiger partial charge >= 0.3 is 12.0 Å².